The Kier molecular flexibility index (Phi) is 5.21. The van der Waals surface area contributed by atoms with Crippen molar-refractivity contribution in [2.24, 2.45) is 0 Å². The van der Waals surface area contributed by atoms with E-state index in [2.05, 4.69) is 15.5 Å². The predicted molar refractivity (Wildman–Crippen MR) is 93.1 cm³/mol. The molecule has 1 N–H and O–H groups in total. The van der Waals surface area contributed by atoms with Crippen LogP contribution >= 0.6 is 0 Å². The summed E-state index contributed by atoms with van der Waals surface area (Å²) < 4.78 is 34.2. The van der Waals surface area contributed by atoms with Crippen LogP contribution in [0.1, 0.15) is 5.89 Å². The van der Waals surface area contributed by atoms with Crippen molar-refractivity contribution in [3.63, 3.8) is 0 Å². The molecule has 0 aliphatic rings. The number of nitrogens with one attached hydrogen (secondary N) is 1. The maximum Gasteiger partial charge on any atom is 0.246 e. The lowest BCUT2D eigenvalue weighted by Gasteiger charge is -2.09. The van der Waals surface area contributed by atoms with E-state index >= 15 is 0 Å². The first-order valence-corrected chi connectivity index (χ1v) is 7.77. The van der Waals surface area contributed by atoms with E-state index in [1.54, 1.807) is 38.5 Å². The standard InChI is InChI=1S/C18H18FN3O4/c1-23-12-5-6-13(15(9-12)24-2)18-21-17(26-22-18)10-20-14-7-4-11(19)8-16(14)25-3/h4-9,20H,10H2,1-3H3. The third-order valence-corrected chi connectivity index (χ3v) is 3.71. The second-order valence-electron chi connectivity index (χ2n) is 5.28. The highest BCUT2D eigenvalue weighted by Crippen LogP contribution is 2.31. The molecule has 0 amide bonds. The van der Waals surface area contributed by atoms with Gasteiger partial charge in [-0.25, -0.2) is 4.39 Å². The number of anilines is 1. The van der Waals surface area contributed by atoms with Crippen molar-refractivity contribution in [2.45, 2.75) is 6.54 Å². The summed E-state index contributed by atoms with van der Waals surface area (Å²) in [5.41, 5.74) is 1.30. The van der Waals surface area contributed by atoms with Crippen molar-refractivity contribution in [3.05, 3.63) is 48.1 Å². The van der Waals surface area contributed by atoms with Gasteiger partial charge in [0.25, 0.3) is 0 Å². The Hall–Kier alpha value is -3.29. The fourth-order valence-corrected chi connectivity index (χ4v) is 2.40. The van der Waals surface area contributed by atoms with Gasteiger partial charge < -0.3 is 24.1 Å². The maximum atomic E-state index is 13.2. The molecule has 0 saturated carbocycles. The van der Waals surface area contributed by atoms with Gasteiger partial charge in [0.05, 0.1) is 39.1 Å². The second-order valence-corrected chi connectivity index (χ2v) is 5.28. The van der Waals surface area contributed by atoms with Gasteiger partial charge in [-0.2, -0.15) is 4.98 Å². The quantitative estimate of drug-likeness (QED) is 0.691. The van der Waals surface area contributed by atoms with E-state index < -0.39 is 0 Å². The lowest BCUT2D eigenvalue weighted by atomic mass is 10.2. The first-order valence-electron chi connectivity index (χ1n) is 7.77. The minimum absolute atomic E-state index is 0.257. The van der Waals surface area contributed by atoms with Crippen LogP contribution in [0.25, 0.3) is 11.4 Å². The van der Waals surface area contributed by atoms with Gasteiger partial charge in [-0.1, -0.05) is 5.16 Å². The molecule has 0 aliphatic carbocycles. The summed E-state index contributed by atoms with van der Waals surface area (Å²) in [4.78, 5) is 4.36. The van der Waals surface area contributed by atoms with E-state index in [0.717, 1.165) is 0 Å². The molecule has 26 heavy (non-hydrogen) atoms. The number of ether oxygens (including phenoxy) is 3. The largest absolute Gasteiger partial charge is 0.497 e. The minimum atomic E-state index is -0.376. The summed E-state index contributed by atoms with van der Waals surface area (Å²) in [5.74, 6) is 2.02. The molecule has 0 bridgehead atoms. The van der Waals surface area contributed by atoms with Gasteiger partial charge in [-0.3, -0.25) is 0 Å². The molecule has 3 aromatic rings. The van der Waals surface area contributed by atoms with Gasteiger partial charge in [-0.05, 0) is 24.3 Å². The molecule has 3 rings (SSSR count). The number of hydrogen-bond donors (Lipinski definition) is 1. The Balaban J connectivity index is 1.77. The molecule has 0 saturated heterocycles. The Morgan fingerprint density at radius 1 is 1.00 bits per heavy atom. The van der Waals surface area contributed by atoms with Gasteiger partial charge in [-0.15, -0.1) is 0 Å². The van der Waals surface area contributed by atoms with Crippen molar-refractivity contribution in [1.29, 1.82) is 0 Å². The Labute approximate surface area is 149 Å². The van der Waals surface area contributed by atoms with E-state index in [9.17, 15) is 4.39 Å². The molecular formula is C18H18FN3O4. The zero-order valence-electron chi connectivity index (χ0n) is 14.6. The van der Waals surface area contributed by atoms with Gasteiger partial charge >= 0.3 is 0 Å². The van der Waals surface area contributed by atoms with E-state index in [4.69, 9.17) is 18.7 Å². The molecule has 0 aliphatic heterocycles. The zero-order chi connectivity index (χ0) is 18.5. The van der Waals surface area contributed by atoms with Crippen molar-refractivity contribution in [1.82, 2.24) is 10.1 Å². The number of hydrogen-bond acceptors (Lipinski definition) is 7. The first-order chi connectivity index (χ1) is 12.6. The molecule has 0 atom stereocenters. The zero-order valence-corrected chi connectivity index (χ0v) is 14.6. The molecule has 1 heterocycles. The number of nitrogens with zero attached hydrogens (tertiary/aromatic N) is 2. The van der Waals surface area contributed by atoms with Crippen LogP contribution in [0.2, 0.25) is 0 Å². The summed E-state index contributed by atoms with van der Waals surface area (Å²) >= 11 is 0. The van der Waals surface area contributed by atoms with Crippen LogP contribution in [0.4, 0.5) is 10.1 Å². The number of methoxy groups -OCH3 is 3. The normalized spacial score (nSPS) is 10.5. The highest BCUT2D eigenvalue weighted by Gasteiger charge is 2.15. The highest BCUT2D eigenvalue weighted by atomic mass is 19.1. The van der Waals surface area contributed by atoms with E-state index in [1.165, 1.54) is 19.2 Å². The smallest absolute Gasteiger partial charge is 0.246 e. The molecule has 7 nitrogen and oxygen atoms in total. The van der Waals surface area contributed by atoms with Crippen molar-refractivity contribution in [2.75, 3.05) is 26.6 Å². The molecule has 136 valence electrons. The maximum absolute atomic E-state index is 13.2. The van der Waals surface area contributed by atoms with Gasteiger partial charge in [0, 0.05) is 12.1 Å². The monoisotopic (exact) mass is 359 g/mol. The predicted octanol–water partition coefficient (Wildman–Crippen LogP) is 3.51. The fraction of sp³-hybridized carbons (Fsp3) is 0.222. The van der Waals surface area contributed by atoms with Gasteiger partial charge in [0.15, 0.2) is 0 Å². The van der Waals surface area contributed by atoms with Crippen LogP contribution in [-0.4, -0.2) is 31.5 Å². The van der Waals surface area contributed by atoms with Gasteiger partial charge in [0.2, 0.25) is 11.7 Å². The van der Waals surface area contributed by atoms with E-state index in [1.807, 2.05) is 0 Å². The highest BCUT2D eigenvalue weighted by molar-refractivity contribution is 5.65. The first kappa shape index (κ1) is 17.5. The Morgan fingerprint density at radius 3 is 2.54 bits per heavy atom. The molecule has 0 fully saturated rings. The van der Waals surface area contributed by atoms with Crippen LogP contribution in [-0.2, 0) is 6.54 Å². The van der Waals surface area contributed by atoms with Gasteiger partial charge in [0.1, 0.15) is 23.1 Å². The van der Waals surface area contributed by atoms with Crippen LogP contribution < -0.4 is 19.5 Å². The molecule has 1 aromatic heterocycles. The topological polar surface area (TPSA) is 78.6 Å². The summed E-state index contributed by atoms with van der Waals surface area (Å²) in [6.45, 7) is 0.257. The number of aromatic nitrogens is 2. The van der Waals surface area contributed by atoms with Crippen molar-refractivity contribution >= 4 is 5.69 Å². The lowest BCUT2D eigenvalue weighted by Crippen LogP contribution is -2.02. The third-order valence-electron chi connectivity index (χ3n) is 3.71. The third kappa shape index (κ3) is 3.69. The van der Waals surface area contributed by atoms with Crippen LogP contribution in [0.5, 0.6) is 17.2 Å². The van der Waals surface area contributed by atoms with Crippen molar-refractivity contribution in [3.8, 4) is 28.6 Å². The lowest BCUT2D eigenvalue weighted by molar-refractivity contribution is 0.381. The average Bonchev–Trinajstić information content (AvgIpc) is 3.15. The number of benzene rings is 2. The van der Waals surface area contributed by atoms with Crippen LogP contribution in [0.3, 0.4) is 0 Å². The van der Waals surface area contributed by atoms with Crippen LogP contribution in [0.15, 0.2) is 40.9 Å². The Morgan fingerprint density at radius 2 is 1.81 bits per heavy atom. The van der Waals surface area contributed by atoms with E-state index in [0.29, 0.717) is 40.2 Å². The second kappa shape index (κ2) is 7.73. The summed E-state index contributed by atoms with van der Waals surface area (Å²) in [6, 6.07) is 9.54. The minimum Gasteiger partial charge on any atom is -0.497 e. The summed E-state index contributed by atoms with van der Waals surface area (Å²) in [5, 5.41) is 7.06. The molecular weight excluding hydrogens is 341 g/mol. The van der Waals surface area contributed by atoms with Crippen molar-refractivity contribution < 1.29 is 23.1 Å². The SMILES string of the molecule is COc1ccc(-c2noc(CNc3ccc(F)cc3OC)n2)c(OC)c1. The number of halogens is 1. The molecule has 8 heteroatoms. The molecule has 2 aromatic carbocycles. The molecule has 0 radical (unpaired) electrons. The fourth-order valence-electron chi connectivity index (χ4n) is 2.40. The van der Waals surface area contributed by atoms with Crippen LogP contribution in [0, 0.1) is 5.82 Å². The molecule has 0 spiro atoms. The number of rotatable bonds is 7. The average molecular weight is 359 g/mol. The Bertz CT molecular complexity index is 898. The summed E-state index contributed by atoms with van der Waals surface area (Å²) in [7, 11) is 4.61. The molecule has 0 unspecified atom stereocenters. The van der Waals surface area contributed by atoms with E-state index in [-0.39, 0.29) is 12.4 Å². The summed E-state index contributed by atoms with van der Waals surface area (Å²) in [6.07, 6.45) is 0.